The van der Waals surface area contributed by atoms with Crippen LogP contribution in [0.3, 0.4) is 0 Å². The molecule has 3 rings (SSSR count). The zero-order chi connectivity index (χ0) is 17.3. The van der Waals surface area contributed by atoms with Gasteiger partial charge in [-0.25, -0.2) is 0 Å². The van der Waals surface area contributed by atoms with Crippen molar-refractivity contribution in [3.8, 4) is 0 Å². The summed E-state index contributed by atoms with van der Waals surface area (Å²) in [5.41, 5.74) is 4.61. The molecule has 1 aromatic heterocycles. The molecule has 0 unspecified atom stereocenters. The first-order valence-electron chi connectivity index (χ1n) is 8.51. The van der Waals surface area contributed by atoms with Gasteiger partial charge in [-0.3, -0.25) is 9.48 Å². The Labute approximate surface area is 143 Å². The van der Waals surface area contributed by atoms with E-state index in [-0.39, 0.29) is 5.91 Å². The first-order valence-corrected chi connectivity index (χ1v) is 8.51. The van der Waals surface area contributed by atoms with Gasteiger partial charge in [-0.15, -0.1) is 0 Å². The molecule has 0 saturated carbocycles. The Morgan fingerprint density at radius 3 is 2.42 bits per heavy atom. The van der Waals surface area contributed by atoms with E-state index >= 15 is 0 Å². The van der Waals surface area contributed by atoms with Crippen molar-refractivity contribution in [2.24, 2.45) is 0 Å². The van der Waals surface area contributed by atoms with E-state index < -0.39 is 0 Å². The van der Waals surface area contributed by atoms with Crippen molar-refractivity contribution in [1.82, 2.24) is 14.7 Å². The van der Waals surface area contributed by atoms with Crippen LogP contribution in [0.1, 0.15) is 29.4 Å². The quantitative estimate of drug-likeness (QED) is 0.848. The molecule has 0 bridgehead atoms. The van der Waals surface area contributed by atoms with Crippen molar-refractivity contribution >= 4 is 11.6 Å². The van der Waals surface area contributed by atoms with Crippen LogP contribution in [0.25, 0.3) is 0 Å². The molecular formula is C19H26N4O. The Balaban J connectivity index is 1.48. The lowest BCUT2D eigenvalue weighted by Gasteiger charge is -2.39. The van der Waals surface area contributed by atoms with E-state index in [1.54, 1.807) is 0 Å². The summed E-state index contributed by atoms with van der Waals surface area (Å²) in [6, 6.07) is 10.8. The second-order valence-corrected chi connectivity index (χ2v) is 6.89. The van der Waals surface area contributed by atoms with Crippen LogP contribution in [0, 0.1) is 13.8 Å². The van der Waals surface area contributed by atoms with Gasteiger partial charge < -0.3 is 9.80 Å². The summed E-state index contributed by atoms with van der Waals surface area (Å²) in [4.78, 5) is 16.3. The zero-order valence-corrected chi connectivity index (χ0v) is 15.0. The molecule has 1 fully saturated rings. The molecule has 0 aliphatic carbocycles. The fraction of sp³-hybridized carbons (Fsp3) is 0.474. The Kier molecular flexibility index (Phi) is 4.60. The monoisotopic (exact) mass is 326 g/mol. The number of likely N-dealkylation sites (tertiary alicyclic amines) is 1. The number of nitrogens with zero attached hydrogens (tertiary/aromatic N) is 4. The van der Waals surface area contributed by atoms with E-state index in [1.807, 2.05) is 25.9 Å². The van der Waals surface area contributed by atoms with Crippen LogP contribution < -0.4 is 4.90 Å². The second-order valence-electron chi connectivity index (χ2n) is 6.89. The largest absolute Gasteiger partial charge is 0.378 e. The third-order valence-electron chi connectivity index (χ3n) is 4.69. The van der Waals surface area contributed by atoms with Crippen LogP contribution in [0.4, 0.5) is 5.69 Å². The maximum Gasteiger partial charge on any atom is 0.223 e. The topological polar surface area (TPSA) is 41.4 Å². The lowest BCUT2D eigenvalue weighted by molar-refractivity contribution is -0.137. The van der Waals surface area contributed by atoms with Crippen LogP contribution in [-0.2, 0) is 11.2 Å². The minimum Gasteiger partial charge on any atom is -0.378 e. The molecule has 0 atom stereocenters. The highest BCUT2D eigenvalue weighted by Crippen LogP contribution is 2.24. The van der Waals surface area contributed by atoms with E-state index in [9.17, 15) is 4.79 Å². The van der Waals surface area contributed by atoms with Gasteiger partial charge >= 0.3 is 0 Å². The molecule has 0 spiro atoms. The number of carbonyl (C=O) groups excluding carboxylic acids is 1. The summed E-state index contributed by atoms with van der Waals surface area (Å²) in [6.45, 7) is 5.63. The number of aromatic nitrogens is 2. The van der Waals surface area contributed by atoms with Gasteiger partial charge in [0, 0.05) is 45.0 Å². The maximum atomic E-state index is 12.3. The smallest absolute Gasteiger partial charge is 0.223 e. The summed E-state index contributed by atoms with van der Waals surface area (Å²) in [7, 11) is 4.06. The van der Waals surface area contributed by atoms with Gasteiger partial charge in [0.05, 0.1) is 11.7 Å². The Morgan fingerprint density at radius 1 is 1.21 bits per heavy atom. The van der Waals surface area contributed by atoms with Crippen molar-refractivity contribution in [3.05, 3.63) is 47.3 Å². The molecule has 1 aliphatic rings. The molecule has 128 valence electrons. The fourth-order valence-corrected chi connectivity index (χ4v) is 3.20. The lowest BCUT2D eigenvalue weighted by Crippen LogP contribution is -2.51. The molecule has 5 nitrogen and oxygen atoms in total. The number of carbonyl (C=O) groups is 1. The van der Waals surface area contributed by atoms with E-state index in [2.05, 4.69) is 51.9 Å². The lowest BCUT2D eigenvalue weighted by atomic mass is 10.1. The van der Waals surface area contributed by atoms with E-state index in [0.29, 0.717) is 12.5 Å². The molecule has 1 amide bonds. The number of benzene rings is 1. The predicted octanol–water partition coefficient (Wildman–Crippen LogP) is 2.58. The molecule has 0 radical (unpaired) electrons. The number of aryl methyl sites for hydroxylation is 3. The molecule has 5 heteroatoms. The van der Waals surface area contributed by atoms with Gasteiger partial charge in [-0.05, 0) is 44.0 Å². The number of amides is 1. The Hall–Kier alpha value is -2.30. The van der Waals surface area contributed by atoms with Gasteiger partial charge in [-0.1, -0.05) is 12.1 Å². The Morgan fingerprint density at radius 2 is 1.88 bits per heavy atom. The number of anilines is 1. The highest BCUT2D eigenvalue weighted by atomic mass is 16.2. The minimum absolute atomic E-state index is 0.240. The van der Waals surface area contributed by atoms with Gasteiger partial charge in [0.25, 0.3) is 0 Å². The maximum absolute atomic E-state index is 12.3. The van der Waals surface area contributed by atoms with E-state index in [0.717, 1.165) is 25.2 Å². The SMILES string of the molecule is Cc1cc(C)n(C2CN(C(=O)CCc3ccc(N(C)C)cc3)C2)n1. The zero-order valence-electron chi connectivity index (χ0n) is 15.0. The fourth-order valence-electron chi connectivity index (χ4n) is 3.20. The molecule has 0 N–H and O–H groups in total. The van der Waals surface area contributed by atoms with Crippen molar-refractivity contribution in [1.29, 1.82) is 0 Å². The molecule has 24 heavy (non-hydrogen) atoms. The summed E-state index contributed by atoms with van der Waals surface area (Å²) in [5.74, 6) is 0.240. The van der Waals surface area contributed by atoms with Crippen molar-refractivity contribution < 1.29 is 4.79 Å². The molecular weight excluding hydrogens is 300 g/mol. The summed E-state index contributed by atoms with van der Waals surface area (Å²) in [6.07, 6.45) is 1.37. The number of rotatable bonds is 5. The van der Waals surface area contributed by atoms with Crippen LogP contribution in [0.5, 0.6) is 0 Å². The normalized spacial score (nSPS) is 14.6. The molecule has 1 aromatic carbocycles. The Bertz CT molecular complexity index is 711. The van der Waals surface area contributed by atoms with Crippen LogP contribution in [-0.4, -0.2) is 47.8 Å². The average molecular weight is 326 g/mol. The highest BCUT2D eigenvalue weighted by Gasteiger charge is 2.32. The van der Waals surface area contributed by atoms with Crippen LogP contribution in [0.2, 0.25) is 0 Å². The second kappa shape index (κ2) is 6.67. The number of hydrogen-bond acceptors (Lipinski definition) is 3. The van der Waals surface area contributed by atoms with Gasteiger partial charge in [0.1, 0.15) is 0 Å². The number of hydrogen-bond donors (Lipinski definition) is 0. The average Bonchev–Trinajstić information content (AvgIpc) is 2.82. The first-order chi connectivity index (χ1) is 11.4. The predicted molar refractivity (Wildman–Crippen MR) is 96.4 cm³/mol. The highest BCUT2D eigenvalue weighted by molar-refractivity contribution is 5.77. The van der Waals surface area contributed by atoms with Crippen LogP contribution in [0.15, 0.2) is 30.3 Å². The summed E-state index contributed by atoms with van der Waals surface area (Å²) >= 11 is 0. The van der Waals surface area contributed by atoms with E-state index in [1.165, 1.54) is 16.9 Å². The minimum atomic E-state index is 0.240. The third-order valence-corrected chi connectivity index (χ3v) is 4.69. The van der Waals surface area contributed by atoms with Crippen LogP contribution >= 0.6 is 0 Å². The molecule has 1 aliphatic heterocycles. The standard InChI is InChI=1S/C19H26N4O/c1-14-11-15(2)23(20-14)18-12-22(13-18)19(24)10-7-16-5-8-17(9-6-16)21(3)4/h5-6,8-9,11,18H,7,10,12-13H2,1-4H3. The summed E-state index contributed by atoms with van der Waals surface area (Å²) in [5, 5.41) is 4.52. The molecule has 1 saturated heterocycles. The van der Waals surface area contributed by atoms with Crippen molar-refractivity contribution in [3.63, 3.8) is 0 Å². The van der Waals surface area contributed by atoms with Gasteiger partial charge in [0.15, 0.2) is 0 Å². The third kappa shape index (κ3) is 3.45. The first kappa shape index (κ1) is 16.6. The van der Waals surface area contributed by atoms with Gasteiger partial charge in [-0.2, -0.15) is 5.10 Å². The van der Waals surface area contributed by atoms with Crippen molar-refractivity contribution in [2.75, 3.05) is 32.1 Å². The van der Waals surface area contributed by atoms with Crippen molar-refractivity contribution in [2.45, 2.75) is 32.7 Å². The summed E-state index contributed by atoms with van der Waals surface area (Å²) < 4.78 is 2.05. The molecule has 2 heterocycles. The molecule has 2 aromatic rings. The van der Waals surface area contributed by atoms with Gasteiger partial charge in [0.2, 0.25) is 5.91 Å². The van der Waals surface area contributed by atoms with E-state index in [4.69, 9.17) is 0 Å².